The van der Waals surface area contributed by atoms with Gasteiger partial charge < -0.3 is 11.1 Å². The first-order valence-corrected chi connectivity index (χ1v) is 4.93. The van der Waals surface area contributed by atoms with E-state index in [1.54, 1.807) is 12.3 Å². The number of rotatable bonds is 4. The van der Waals surface area contributed by atoms with E-state index in [-0.39, 0.29) is 5.69 Å². The summed E-state index contributed by atoms with van der Waals surface area (Å²) in [6.07, 6.45) is 1.65. The van der Waals surface area contributed by atoms with E-state index < -0.39 is 4.92 Å². The monoisotopic (exact) mass is 233 g/mol. The number of non-ortho nitro benzene ring substituents is 1. The van der Waals surface area contributed by atoms with Gasteiger partial charge in [-0.05, 0) is 12.1 Å². The molecule has 1 heterocycles. The Labute approximate surface area is 96.8 Å². The fraction of sp³-hybridized carbons (Fsp3) is 0.100. The lowest BCUT2D eigenvalue weighted by Crippen LogP contribution is -2.03. The third kappa shape index (κ3) is 2.51. The van der Waals surface area contributed by atoms with Crippen LogP contribution in [0.5, 0.6) is 0 Å². The predicted octanol–water partition coefficient (Wildman–Crippen LogP) is 1.51. The average molecular weight is 233 g/mol. The van der Waals surface area contributed by atoms with Crippen molar-refractivity contribution < 1.29 is 4.92 Å². The number of hydrogen-bond acceptors (Lipinski definition) is 5. The van der Waals surface area contributed by atoms with E-state index in [2.05, 4.69) is 15.5 Å². The molecule has 0 aliphatic rings. The lowest BCUT2D eigenvalue weighted by molar-refractivity contribution is -0.384. The Morgan fingerprint density at radius 3 is 2.88 bits per heavy atom. The molecule has 88 valence electrons. The highest BCUT2D eigenvalue weighted by Crippen LogP contribution is 2.24. The van der Waals surface area contributed by atoms with Gasteiger partial charge in [0.15, 0.2) is 0 Å². The van der Waals surface area contributed by atoms with Gasteiger partial charge in [-0.25, -0.2) is 0 Å². The summed E-state index contributed by atoms with van der Waals surface area (Å²) >= 11 is 0. The van der Waals surface area contributed by atoms with Gasteiger partial charge in [-0.3, -0.25) is 15.2 Å². The normalized spacial score (nSPS) is 10.1. The number of benzene rings is 1. The van der Waals surface area contributed by atoms with E-state index in [0.29, 0.717) is 17.9 Å². The van der Waals surface area contributed by atoms with Crippen molar-refractivity contribution in [1.29, 1.82) is 0 Å². The maximum absolute atomic E-state index is 10.5. The minimum Gasteiger partial charge on any atom is -0.397 e. The van der Waals surface area contributed by atoms with E-state index >= 15 is 0 Å². The fourth-order valence-electron chi connectivity index (χ4n) is 1.40. The Morgan fingerprint density at radius 2 is 2.29 bits per heavy atom. The van der Waals surface area contributed by atoms with Gasteiger partial charge in [-0.2, -0.15) is 5.10 Å². The molecule has 0 bridgehead atoms. The largest absolute Gasteiger partial charge is 0.397 e. The van der Waals surface area contributed by atoms with Gasteiger partial charge in [-0.15, -0.1) is 0 Å². The first-order chi connectivity index (χ1) is 8.16. The highest BCUT2D eigenvalue weighted by molar-refractivity contribution is 5.69. The van der Waals surface area contributed by atoms with E-state index in [4.69, 9.17) is 5.73 Å². The molecule has 0 amide bonds. The number of nitro benzene ring substituents is 1. The zero-order chi connectivity index (χ0) is 12.3. The van der Waals surface area contributed by atoms with Crippen molar-refractivity contribution in [2.45, 2.75) is 6.54 Å². The van der Waals surface area contributed by atoms with Crippen molar-refractivity contribution >= 4 is 17.1 Å². The maximum atomic E-state index is 10.5. The van der Waals surface area contributed by atoms with Gasteiger partial charge in [0.2, 0.25) is 0 Å². The number of nitrogens with one attached hydrogen (secondary N) is 2. The van der Waals surface area contributed by atoms with Crippen molar-refractivity contribution in [3.05, 3.63) is 46.3 Å². The van der Waals surface area contributed by atoms with Crippen LogP contribution in [0, 0.1) is 10.1 Å². The molecular formula is C10H11N5O2. The molecule has 0 saturated heterocycles. The SMILES string of the molecule is Nc1cc([N+](=O)[O-])ccc1NCc1ccn[nH]1. The van der Waals surface area contributed by atoms with Crippen LogP contribution in [0.1, 0.15) is 5.69 Å². The summed E-state index contributed by atoms with van der Waals surface area (Å²) < 4.78 is 0. The number of anilines is 2. The number of nitrogens with two attached hydrogens (primary N) is 1. The Morgan fingerprint density at radius 1 is 1.47 bits per heavy atom. The van der Waals surface area contributed by atoms with Crippen molar-refractivity contribution in [3.63, 3.8) is 0 Å². The third-order valence-electron chi connectivity index (χ3n) is 2.27. The molecule has 0 spiro atoms. The molecular weight excluding hydrogens is 222 g/mol. The van der Waals surface area contributed by atoms with E-state index in [1.807, 2.05) is 6.07 Å². The smallest absolute Gasteiger partial charge is 0.271 e. The predicted molar refractivity (Wildman–Crippen MR) is 63.4 cm³/mol. The van der Waals surface area contributed by atoms with Crippen LogP contribution in [0.15, 0.2) is 30.5 Å². The third-order valence-corrected chi connectivity index (χ3v) is 2.27. The summed E-state index contributed by atoms with van der Waals surface area (Å²) in [5.41, 5.74) is 7.60. The number of nitro groups is 1. The Balaban J connectivity index is 2.09. The summed E-state index contributed by atoms with van der Waals surface area (Å²) in [5.74, 6) is 0. The van der Waals surface area contributed by atoms with Gasteiger partial charge in [-0.1, -0.05) is 0 Å². The molecule has 7 nitrogen and oxygen atoms in total. The van der Waals surface area contributed by atoms with Gasteiger partial charge in [0, 0.05) is 18.3 Å². The molecule has 0 aliphatic heterocycles. The molecule has 7 heteroatoms. The van der Waals surface area contributed by atoms with Gasteiger partial charge in [0.1, 0.15) is 0 Å². The second-order valence-corrected chi connectivity index (χ2v) is 3.46. The van der Waals surface area contributed by atoms with Crippen LogP contribution in [0.3, 0.4) is 0 Å². The van der Waals surface area contributed by atoms with Crippen LogP contribution in [-0.2, 0) is 6.54 Å². The van der Waals surface area contributed by atoms with Crippen LogP contribution in [0.25, 0.3) is 0 Å². The number of nitrogen functional groups attached to an aromatic ring is 1. The molecule has 2 rings (SSSR count). The van der Waals surface area contributed by atoms with Crippen LogP contribution in [0.2, 0.25) is 0 Å². The summed E-state index contributed by atoms with van der Waals surface area (Å²) in [5, 5.41) is 20.2. The quantitative estimate of drug-likeness (QED) is 0.421. The highest BCUT2D eigenvalue weighted by Gasteiger charge is 2.08. The van der Waals surface area contributed by atoms with Gasteiger partial charge >= 0.3 is 0 Å². The molecule has 0 aliphatic carbocycles. The zero-order valence-electron chi connectivity index (χ0n) is 8.88. The molecule has 4 N–H and O–H groups in total. The van der Waals surface area contributed by atoms with E-state index in [1.165, 1.54) is 12.1 Å². The minimum absolute atomic E-state index is 0.0189. The molecule has 0 unspecified atom stereocenters. The van der Waals surface area contributed by atoms with Crippen molar-refractivity contribution in [2.24, 2.45) is 0 Å². The van der Waals surface area contributed by atoms with Crippen molar-refractivity contribution in [3.8, 4) is 0 Å². The Kier molecular flexibility index (Phi) is 2.91. The van der Waals surface area contributed by atoms with Crippen LogP contribution < -0.4 is 11.1 Å². The van der Waals surface area contributed by atoms with Gasteiger partial charge in [0.05, 0.1) is 28.5 Å². The molecule has 17 heavy (non-hydrogen) atoms. The lowest BCUT2D eigenvalue weighted by Gasteiger charge is -2.07. The summed E-state index contributed by atoms with van der Waals surface area (Å²) in [7, 11) is 0. The van der Waals surface area contributed by atoms with Crippen LogP contribution in [-0.4, -0.2) is 15.1 Å². The standard InChI is InChI=1S/C10H11N5O2/c11-9-5-8(15(16)17)1-2-10(9)12-6-7-3-4-13-14-7/h1-5,12H,6,11H2,(H,13,14). The van der Waals surface area contributed by atoms with Crippen LogP contribution >= 0.6 is 0 Å². The molecule has 1 aromatic carbocycles. The number of nitrogens with zero attached hydrogens (tertiary/aromatic N) is 2. The van der Waals surface area contributed by atoms with E-state index in [9.17, 15) is 10.1 Å². The Hall–Kier alpha value is -2.57. The molecule has 2 aromatic rings. The summed E-state index contributed by atoms with van der Waals surface area (Å²) in [6.45, 7) is 0.530. The maximum Gasteiger partial charge on any atom is 0.271 e. The van der Waals surface area contributed by atoms with Gasteiger partial charge in [0.25, 0.3) is 5.69 Å². The first kappa shape index (κ1) is 10.9. The molecule has 0 radical (unpaired) electrons. The number of aromatic nitrogens is 2. The second-order valence-electron chi connectivity index (χ2n) is 3.46. The second kappa shape index (κ2) is 4.52. The summed E-state index contributed by atoms with van der Waals surface area (Å²) in [6, 6.07) is 6.15. The average Bonchev–Trinajstić information content (AvgIpc) is 2.80. The number of hydrogen-bond donors (Lipinski definition) is 3. The zero-order valence-corrected chi connectivity index (χ0v) is 8.88. The lowest BCUT2D eigenvalue weighted by atomic mass is 10.2. The first-order valence-electron chi connectivity index (χ1n) is 4.93. The van der Waals surface area contributed by atoms with E-state index in [0.717, 1.165) is 5.69 Å². The van der Waals surface area contributed by atoms with Crippen LogP contribution in [0.4, 0.5) is 17.1 Å². The van der Waals surface area contributed by atoms with Crippen molar-refractivity contribution in [1.82, 2.24) is 10.2 Å². The Bertz CT molecular complexity index is 523. The number of H-pyrrole nitrogens is 1. The fourth-order valence-corrected chi connectivity index (χ4v) is 1.40. The minimum atomic E-state index is -0.477. The highest BCUT2D eigenvalue weighted by atomic mass is 16.6. The number of aromatic amines is 1. The molecule has 0 saturated carbocycles. The van der Waals surface area contributed by atoms with Crippen molar-refractivity contribution in [2.75, 3.05) is 11.1 Å². The molecule has 0 fully saturated rings. The summed E-state index contributed by atoms with van der Waals surface area (Å²) in [4.78, 5) is 10.0. The molecule has 0 atom stereocenters. The topological polar surface area (TPSA) is 110 Å². The molecule has 1 aromatic heterocycles.